The van der Waals surface area contributed by atoms with Gasteiger partial charge in [0.05, 0.1) is 34.5 Å². The molecule has 0 aliphatic heterocycles. The van der Waals surface area contributed by atoms with Gasteiger partial charge in [-0.25, -0.2) is 14.1 Å². The lowest BCUT2D eigenvalue weighted by molar-refractivity contribution is -0.116. The summed E-state index contributed by atoms with van der Waals surface area (Å²) in [6.45, 7) is 3.50. The molecule has 5 aromatic rings. The summed E-state index contributed by atoms with van der Waals surface area (Å²) in [5, 5.41) is 9.66. The molecule has 1 amide bonds. The third-order valence-corrected chi connectivity index (χ3v) is 6.47. The Bertz CT molecular complexity index is 1570. The number of halogens is 1. The molecule has 34 heavy (non-hydrogen) atoms. The average Bonchev–Trinajstić information content (AvgIpc) is 3.39. The van der Waals surface area contributed by atoms with Crippen LogP contribution in [0.3, 0.4) is 0 Å². The number of hydrogen-bond acceptors (Lipinski definition) is 5. The van der Waals surface area contributed by atoms with Crippen LogP contribution in [0.25, 0.3) is 27.0 Å². The van der Waals surface area contributed by atoms with Crippen LogP contribution in [0.15, 0.2) is 71.1 Å². The van der Waals surface area contributed by atoms with Crippen LogP contribution in [-0.2, 0) is 11.3 Å². The van der Waals surface area contributed by atoms with Crippen molar-refractivity contribution in [2.75, 3.05) is 5.32 Å². The second-order valence-corrected chi connectivity index (χ2v) is 8.71. The fourth-order valence-electron chi connectivity index (χ4n) is 3.90. The van der Waals surface area contributed by atoms with Crippen molar-refractivity contribution in [2.45, 2.75) is 20.4 Å². The van der Waals surface area contributed by atoms with Crippen LogP contribution in [-0.4, -0.2) is 25.2 Å². The second-order valence-electron chi connectivity index (χ2n) is 7.86. The van der Waals surface area contributed by atoms with E-state index in [-0.39, 0.29) is 23.8 Å². The number of nitrogens with one attached hydrogen (secondary N) is 1. The molecule has 3 aromatic heterocycles. The molecular weight excluding hydrogens is 453 g/mol. The minimum Gasteiger partial charge on any atom is -0.321 e. The zero-order chi connectivity index (χ0) is 23.8. The van der Waals surface area contributed by atoms with E-state index < -0.39 is 0 Å². The Balaban J connectivity index is 1.43. The lowest BCUT2D eigenvalue weighted by Crippen LogP contribution is -2.28. The van der Waals surface area contributed by atoms with E-state index in [0.29, 0.717) is 32.7 Å². The Kier molecular flexibility index (Phi) is 5.54. The quantitative estimate of drug-likeness (QED) is 0.401. The number of fused-ring (bicyclic) bond motifs is 1. The molecule has 9 heteroatoms. The van der Waals surface area contributed by atoms with Crippen molar-refractivity contribution >= 4 is 33.1 Å². The van der Waals surface area contributed by atoms with E-state index in [1.165, 1.54) is 34.4 Å². The van der Waals surface area contributed by atoms with E-state index in [0.717, 1.165) is 11.4 Å². The largest absolute Gasteiger partial charge is 0.321 e. The van der Waals surface area contributed by atoms with Crippen molar-refractivity contribution in [3.05, 3.63) is 93.9 Å². The molecule has 0 saturated heterocycles. The number of benzene rings is 2. The van der Waals surface area contributed by atoms with Crippen LogP contribution in [0.2, 0.25) is 0 Å². The average molecular weight is 474 g/mol. The fraction of sp³-hybridized carbons (Fsp3) is 0.120. The predicted molar refractivity (Wildman–Crippen MR) is 131 cm³/mol. The maximum atomic E-state index is 13.3. The van der Waals surface area contributed by atoms with Crippen molar-refractivity contribution in [3.8, 4) is 16.8 Å². The summed E-state index contributed by atoms with van der Waals surface area (Å²) in [6.07, 6.45) is 1.38. The molecule has 170 valence electrons. The van der Waals surface area contributed by atoms with Crippen LogP contribution >= 0.6 is 11.3 Å². The molecule has 1 N–H and O–H groups in total. The molecule has 0 bridgehead atoms. The number of nitrogens with zero attached hydrogens (tertiary/aromatic N) is 4. The first-order valence-corrected chi connectivity index (χ1v) is 11.4. The van der Waals surface area contributed by atoms with Gasteiger partial charge in [0, 0.05) is 10.9 Å². The predicted octanol–water partition coefficient (Wildman–Crippen LogP) is 4.71. The number of amides is 1. The van der Waals surface area contributed by atoms with Crippen molar-refractivity contribution < 1.29 is 9.18 Å². The first-order chi connectivity index (χ1) is 16.4. The number of carbonyl (C=O) groups excluding carboxylic acids is 1. The maximum absolute atomic E-state index is 13.3. The first-order valence-electron chi connectivity index (χ1n) is 10.6. The minimum atomic E-state index is -0.361. The highest BCUT2D eigenvalue weighted by molar-refractivity contribution is 7.17. The van der Waals surface area contributed by atoms with E-state index in [2.05, 4.69) is 15.4 Å². The van der Waals surface area contributed by atoms with Gasteiger partial charge in [-0.15, -0.1) is 11.3 Å². The highest BCUT2D eigenvalue weighted by atomic mass is 32.1. The molecule has 2 aromatic carbocycles. The maximum Gasteiger partial charge on any atom is 0.263 e. The summed E-state index contributed by atoms with van der Waals surface area (Å²) in [7, 11) is 0. The summed E-state index contributed by atoms with van der Waals surface area (Å²) >= 11 is 1.33. The third-order valence-electron chi connectivity index (χ3n) is 5.59. The molecule has 7 nitrogen and oxygen atoms in total. The van der Waals surface area contributed by atoms with Gasteiger partial charge < -0.3 is 5.32 Å². The number of aryl methyl sites for hydroxylation is 1. The molecular formula is C25H20FN5O2S. The van der Waals surface area contributed by atoms with Crippen LogP contribution in [0.5, 0.6) is 0 Å². The zero-order valence-electron chi connectivity index (χ0n) is 18.4. The summed E-state index contributed by atoms with van der Waals surface area (Å²) in [6, 6.07) is 15.6. The van der Waals surface area contributed by atoms with Gasteiger partial charge in [0.15, 0.2) is 0 Å². The van der Waals surface area contributed by atoms with Crippen LogP contribution in [0, 0.1) is 19.7 Å². The van der Waals surface area contributed by atoms with Crippen LogP contribution < -0.4 is 10.9 Å². The Morgan fingerprint density at radius 2 is 1.82 bits per heavy atom. The number of rotatable bonds is 5. The lowest BCUT2D eigenvalue weighted by atomic mass is 10.1. The molecule has 3 heterocycles. The highest BCUT2D eigenvalue weighted by Crippen LogP contribution is 2.30. The second kappa shape index (κ2) is 8.68. The molecule has 0 aliphatic carbocycles. The zero-order valence-corrected chi connectivity index (χ0v) is 19.3. The lowest BCUT2D eigenvalue weighted by Gasteiger charge is -2.09. The third kappa shape index (κ3) is 3.90. The van der Waals surface area contributed by atoms with E-state index >= 15 is 0 Å². The first kappa shape index (κ1) is 21.7. The normalized spacial score (nSPS) is 11.1. The van der Waals surface area contributed by atoms with Gasteiger partial charge in [-0.3, -0.25) is 14.2 Å². The molecule has 0 atom stereocenters. The molecule has 0 saturated carbocycles. The smallest absolute Gasteiger partial charge is 0.263 e. The van der Waals surface area contributed by atoms with Gasteiger partial charge >= 0.3 is 0 Å². The van der Waals surface area contributed by atoms with E-state index in [1.807, 2.05) is 49.6 Å². The molecule has 5 rings (SSSR count). The Morgan fingerprint density at radius 1 is 1.09 bits per heavy atom. The van der Waals surface area contributed by atoms with Gasteiger partial charge in [0.1, 0.15) is 17.2 Å². The Morgan fingerprint density at radius 3 is 2.56 bits per heavy atom. The molecule has 0 spiro atoms. The van der Waals surface area contributed by atoms with E-state index in [4.69, 9.17) is 0 Å². The van der Waals surface area contributed by atoms with E-state index in [9.17, 15) is 14.0 Å². The molecule has 0 aliphatic rings. The van der Waals surface area contributed by atoms with Crippen LogP contribution in [0.1, 0.15) is 11.4 Å². The number of hydrogen-bond donors (Lipinski definition) is 1. The topological polar surface area (TPSA) is 81.8 Å². The summed E-state index contributed by atoms with van der Waals surface area (Å²) in [5.41, 5.74) is 4.02. The van der Waals surface area contributed by atoms with Crippen LogP contribution in [0.4, 0.5) is 10.1 Å². The van der Waals surface area contributed by atoms with Crippen molar-refractivity contribution in [1.82, 2.24) is 19.3 Å². The van der Waals surface area contributed by atoms with Gasteiger partial charge in [-0.05, 0) is 43.7 Å². The van der Waals surface area contributed by atoms with Gasteiger partial charge in [-0.1, -0.05) is 30.3 Å². The Hall–Kier alpha value is -4.11. The Labute approximate surface area is 198 Å². The fourth-order valence-corrected chi connectivity index (χ4v) is 4.81. The summed E-state index contributed by atoms with van der Waals surface area (Å²) in [5.74, 6) is -0.711. The highest BCUT2D eigenvalue weighted by Gasteiger charge is 2.18. The molecule has 0 fully saturated rings. The number of aromatic nitrogens is 4. The monoisotopic (exact) mass is 473 g/mol. The van der Waals surface area contributed by atoms with Crippen molar-refractivity contribution in [2.24, 2.45) is 0 Å². The minimum absolute atomic E-state index is 0.199. The molecule has 0 radical (unpaired) electrons. The SMILES string of the molecule is Cc1nn(-c2ccccc2)c(C)c1NC(=O)Cn1cnc2scc(-c3ccc(F)cc3)c2c1=O. The standard InChI is InChI=1S/C25H20FN5O2S/c1-15-23(16(2)31(29-15)19-6-4-3-5-7-19)28-21(32)12-30-14-27-24-22(25(30)33)20(13-34-24)17-8-10-18(26)11-9-17/h3-11,13-14H,12H2,1-2H3,(H,28,32). The number of thiophene rings is 1. The van der Waals surface area contributed by atoms with Gasteiger partial charge in [-0.2, -0.15) is 5.10 Å². The molecule has 0 unspecified atom stereocenters. The van der Waals surface area contributed by atoms with Crippen molar-refractivity contribution in [1.29, 1.82) is 0 Å². The number of carbonyl (C=O) groups is 1. The number of para-hydroxylation sites is 1. The summed E-state index contributed by atoms with van der Waals surface area (Å²) < 4.78 is 16.4. The van der Waals surface area contributed by atoms with Gasteiger partial charge in [0.2, 0.25) is 5.91 Å². The summed E-state index contributed by atoms with van der Waals surface area (Å²) in [4.78, 5) is 31.0. The van der Waals surface area contributed by atoms with E-state index in [1.54, 1.807) is 16.8 Å². The van der Waals surface area contributed by atoms with Crippen molar-refractivity contribution in [3.63, 3.8) is 0 Å². The number of anilines is 1. The van der Waals surface area contributed by atoms with Gasteiger partial charge in [0.25, 0.3) is 5.56 Å².